The number of carboxylic acids is 1. The molecule has 0 saturated heterocycles. The SMILES string of the molecule is C/C(NCC12CC3(C)CC(C)(C1)CC(OCCNC(C)CCOC(=O)C(C)N)(C3)C2)=C(/C=N)c1ccc(N2CCc3cccc(C(=O)Nc4nc5ccccc5s4)c3C2)nc1C(=O)O. The second-order valence-corrected chi connectivity index (χ2v) is 20.8. The summed E-state index contributed by atoms with van der Waals surface area (Å²) in [5.41, 5.74) is 10.4. The quantitative estimate of drug-likeness (QED) is 0.0325. The molecule has 4 bridgehead atoms. The maximum Gasteiger partial charge on any atom is 0.355 e. The van der Waals surface area contributed by atoms with Crippen LogP contribution in [0.1, 0.15) is 117 Å². The summed E-state index contributed by atoms with van der Waals surface area (Å²) in [6, 6.07) is 16.6. The minimum atomic E-state index is -1.17. The number of carbonyl (C=O) groups is 3. The standard InChI is InChI=1S/C49H62N8O6S/c1-30(16-19-62-44(61)31(2)51)52-17-20-63-49-26-46(4)23-47(5,27-49)25-48(24-46,28-49)29-53-32(3)36(21-50)34-13-14-40(55-41(34)43(59)60)57-18-15-33-9-8-10-35(37(33)22-57)42(58)56-45-54-38-11-6-7-12-39(38)64-45/h6-14,21,30-31,50,52-53H,15-20,22-29,51H2,1-5H3,(H,59,60)(H,54,56,58)/b36-32+,50-21?. The zero-order chi connectivity index (χ0) is 45.4. The van der Waals surface area contributed by atoms with Gasteiger partial charge in [0.1, 0.15) is 11.9 Å². The molecule has 9 rings (SSSR count). The molecule has 4 unspecified atom stereocenters. The summed E-state index contributed by atoms with van der Waals surface area (Å²) in [5, 5.41) is 29.8. The number of nitrogens with one attached hydrogen (secondary N) is 4. The number of allylic oxidation sites excluding steroid dienone is 2. The van der Waals surface area contributed by atoms with E-state index >= 15 is 0 Å². The highest BCUT2D eigenvalue weighted by molar-refractivity contribution is 7.22. The van der Waals surface area contributed by atoms with Crippen LogP contribution in [0.2, 0.25) is 0 Å². The summed E-state index contributed by atoms with van der Waals surface area (Å²) >= 11 is 1.43. The molecule has 1 amide bonds. The van der Waals surface area contributed by atoms with Crippen LogP contribution in [0, 0.1) is 21.7 Å². The van der Waals surface area contributed by atoms with Crippen LogP contribution in [-0.4, -0.2) is 89.7 Å². The van der Waals surface area contributed by atoms with E-state index in [2.05, 4.69) is 41.7 Å². The highest BCUT2D eigenvalue weighted by Gasteiger charge is 2.66. The Kier molecular flexibility index (Phi) is 12.7. The Hall–Kier alpha value is -5.22. The van der Waals surface area contributed by atoms with E-state index in [-0.39, 0.29) is 45.5 Å². The highest BCUT2D eigenvalue weighted by Crippen LogP contribution is 2.71. The van der Waals surface area contributed by atoms with Crippen molar-refractivity contribution in [2.75, 3.05) is 43.1 Å². The van der Waals surface area contributed by atoms with Crippen molar-refractivity contribution in [1.29, 1.82) is 5.41 Å². The molecular formula is C49H62N8O6S. The van der Waals surface area contributed by atoms with Crippen LogP contribution in [0.25, 0.3) is 15.8 Å². The molecule has 340 valence electrons. The third kappa shape index (κ3) is 9.58. The summed E-state index contributed by atoms with van der Waals surface area (Å²) in [4.78, 5) is 49.6. The molecule has 14 nitrogen and oxygen atoms in total. The van der Waals surface area contributed by atoms with Crippen LogP contribution < -0.4 is 26.6 Å². The molecule has 4 aliphatic carbocycles. The number of amides is 1. The molecule has 4 fully saturated rings. The van der Waals surface area contributed by atoms with E-state index in [1.165, 1.54) is 24.0 Å². The number of carbonyl (C=O) groups excluding carboxylic acids is 2. The molecule has 1 aliphatic heterocycles. The predicted octanol–water partition coefficient (Wildman–Crippen LogP) is 7.57. The number of aromatic nitrogens is 2. The van der Waals surface area contributed by atoms with Gasteiger partial charge in [0.15, 0.2) is 10.8 Å². The maximum absolute atomic E-state index is 13.7. The van der Waals surface area contributed by atoms with E-state index in [0.717, 1.165) is 59.1 Å². The molecule has 3 heterocycles. The van der Waals surface area contributed by atoms with Gasteiger partial charge in [-0.2, -0.15) is 0 Å². The van der Waals surface area contributed by atoms with Gasteiger partial charge in [0, 0.05) is 60.8 Å². The van der Waals surface area contributed by atoms with Crippen molar-refractivity contribution >= 4 is 62.1 Å². The maximum atomic E-state index is 13.7. The number of pyridine rings is 1. The zero-order valence-corrected chi connectivity index (χ0v) is 38.5. The van der Waals surface area contributed by atoms with Crippen LogP contribution in [0.5, 0.6) is 0 Å². The number of benzene rings is 2. The first-order valence-corrected chi connectivity index (χ1v) is 23.3. The average Bonchev–Trinajstić information content (AvgIpc) is 3.65. The van der Waals surface area contributed by atoms with Crippen molar-refractivity contribution in [3.05, 3.63) is 88.2 Å². The number of nitrogens with two attached hydrogens (primary N) is 1. The summed E-state index contributed by atoms with van der Waals surface area (Å²) in [6.07, 6.45) is 8.91. The molecule has 2 aromatic carbocycles. The van der Waals surface area contributed by atoms with Gasteiger partial charge in [-0.1, -0.05) is 49.4 Å². The Labute approximate surface area is 379 Å². The number of para-hydroxylation sites is 1. The lowest BCUT2D eigenvalue weighted by molar-refractivity contribution is -0.242. The molecule has 5 aliphatic rings. The number of rotatable bonds is 18. The van der Waals surface area contributed by atoms with Gasteiger partial charge in [0.2, 0.25) is 0 Å². The lowest BCUT2D eigenvalue weighted by Gasteiger charge is -2.69. The number of fused-ring (bicyclic) bond motifs is 2. The van der Waals surface area contributed by atoms with Gasteiger partial charge < -0.3 is 41.3 Å². The largest absolute Gasteiger partial charge is 0.476 e. The predicted molar refractivity (Wildman–Crippen MR) is 251 cm³/mol. The lowest BCUT2D eigenvalue weighted by Crippen LogP contribution is -2.65. The smallest absolute Gasteiger partial charge is 0.355 e. The van der Waals surface area contributed by atoms with E-state index in [1.54, 1.807) is 13.0 Å². The van der Waals surface area contributed by atoms with E-state index in [1.807, 2.05) is 60.4 Å². The van der Waals surface area contributed by atoms with Crippen molar-refractivity contribution in [1.82, 2.24) is 20.6 Å². The van der Waals surface area contributed by atoms with Gasteiger partial charge in [0.05, 0.1) is 29.0 Å². The Morgan fingerprint density at radius 1 is 0.969 bits per heavy atom. The fraction of sp³-hybridized carbons (Fsp3) is 0.510. The van der Waals surface area contributed by atoms with E-state index in [4.69, 9.17) is 25.6 Å². The number of thiazole rings is 1. The number of aromatic carboxylic acids is 1. The van der Waals surface area contributed by atoms with Crippen molar-refractivity contribution in [2.45, 2.75) is 110 Å². The number of carboxylic acid groups (broad SMARTS) is 1. The van der Waals surface area contributed by atoms with Crippen molar-refractivity contribution in [3.63, 3.8) is 0 Å². The van der Waals surface area contributed by atoms with Crippen molar-refractivity contribution in [3.8, 4) is 0 Å². The second-order valence-electron chi connectivity index (χ2n) is 19.8. The number of hydrogen-bond donors (Lipinski definition) is 6. The minimum Gasteiger partial charge on any atom is -0.476 e. The normalized spacial score (nSPS) is 25.9. The number of anilines is 2. The van der Waals surface area contributed by atoms with Gasteiger partial charge in [-0.3, -0.25) is 14.9 Å². The fourth-order valence-electron chi connectivity index (χ4n) is 12.2. The monoisotopic (exact) mass is 890 g/mol. The first kappa shape index (κ1) is 45.4. The lowest BCUT2D eigenvalue weighted by atomic mass is 9.39. The van der Waals surface area contributed by atoms with E-state index in [0.29, 0.717) is 79.9 Å². The van der Waals surface area contributed by atoms with Gasteiger partial charge >= 0.3 is 11.9 Å². The minimum absolute atomic E-state index is 0.0240. The summed E-state index contributed by atoms with van der Waals surface area (Å²) < 4.78 is 13.1. The molecule has 4 saturated carbocycles. The van der Waals surface area contributed by atoms with Crippen LogP contribution in [-0.2, 0) is 27.2 Å². The first-order valence-electron chi connectivity index (χ1n) is 22.5. The molecule has 64 heavy (non-hydrogen) atoms. The van der Waals surface area contributed by atoms with Crippen molar-refractivity contribution < 1.29 is 29.0 Å². The second kappa shape index (κ2) is 18.0. The van der Waals surface area contributed by atoms with Crippen LogP contribution in [0.3, 0.4) is 0 Å². The molecule has 15 heteroatoms. The third-order valence-electron chi connectivity index (χ3n) is 13.8. The molecule has 4 aromatic rings. The van der Waals surface area contributed by atoms with Crippen LogP contribution in [0.4, 0.5) is 10.9 Å². The molecular weight excluding hydrogens is 829 g/mol. The third-order valence-corrected chi connectivity index (χ3v) is 14.8. The Balaban J connectivity index is 0.943. The molecule has 7 N–H and O–H groups in total. The van der Waals surface area contributed by atoms with Crippen molar-refractivity contribution in [2.24, 2.45) is 22.0 Å². The summed E-state index contributed by atoms with van der Waals surface area (Å²) in [7, 11) is 0. The molecule has 2 aromatic heterocycles. The Morgan fingerprint density at radius 2 is 1.73 bits per heavy atom. The number of ether oxygens (including phenoxy) is 2. The Morgan fingerprint density at radius 3 is 2.45 bits per heavy atom. The molecule has 0 radical (unpaired) electrons. The van der Waals surface area contributed by atoms with Gasteiger partial charge in [-0.25, -0.2) is 14.8 Å². The zero-order valence-electron chi connectivity index (χ0n) is 37.6. The number of hydrogen-bond acceptors (Lipinski definition) is 13. The van der Waals surface area contributed by atoms with E-state index in [9.17, 15) is 19.5 Å². The fourth-order valence-corrected chi connectivity index (χ4v) is 13.1. The van der Waals surface area contributed by atoms with Gasteiger partial charge in [-0.05, 0) is 130 Å². The van der Waals surface area contributed by atoms with Gasteiger partial charge in [0.25, 0.3) is 5.91 Å². The summed E-state index contributed by atoms with van der Waals surface area (Å²) in [5.74, 6) is -1.31. The first-order chi connectivity index (χ1) is 30.5. The number of esters is 1. The molecule has 4 atom stereocenters. The summed E-state index contributed by atoms with van der Waals surface area (Å²) in [6.45, 7) is 13.7. The average molecular weight is 891 g/mol. The highest BCUT2D eigenvalue weighted by atomic mass is 32.1. The topological polar surface area (TPSA) is 205 Å². The molecule has 0 spiro atoms. The van der Waals surface area contributed by atoms with Crippen LogP contribution in [0.15, 0.2) is 60.3 Å². The Bertz CT molecular complexity index is 2430. The van der Waals surface area contributed by atoms with E-state index < -0.39 is 12.0 Å². The van der Waals surface area contributed by atoms with Crippen LogP contribution >= 0.6 is 11.3 Å². The van der Waals surface area contributed by atoms with Gasteiger partial charge in [-0.15, -0.1) is 0 Å². The number of nitrogens with zero attached hydrogens (tertiary/aromatic N) is 3.